The Balaban J connectivity index is 2.48. The van der Waals surface area contributed by atoms with Crippen LogP contribution in [-0.2, 0) is 5.88 Å². The third kappa shape index (κ3) is 2.02. The number of benzene rings is 1. The number of hydrogen-bond donors (Lipinski definition) is 0. The number of alkyl halides is 1. The molecule has 0 spiro atoms. The fourth-order valence-electron chi connectivity index (χ4n) is 1.44. The van der Waals surface area contributed by atoms with Gasteiger partial charge in [-0.15, -0.1) is 16.7 Å². The van der Waals surface area contributed by atoms with Gasteiger partial charge in [-0.25, -0.2) is 4.68 Å². The molecular weight excluding hydrogens is 210 g/mol. The molecule has 0 bridgehead atoms. The van der Waals surface area contributed by atoms with Crippen molar-refractivity contribution >= 4 is 11.6 Å². The molecule has 1 aromatic carbocycles. The van der Waals surface area contributed by atoms with Crippen molar-refractivity contribution in [2.45, 2.75) is 19.7 Å². The zero-order valence-electron chi connectivity index (χ0n) is 8.74. The van der Waals surface area contributed by atoms with Crippen LogP contribution in [0, 0.1) is 13.8 Å². The fourth-order valence-corrected chi connectivity index (χ4v) is 1.57. The molecule has 0 atom stereocenters. The van der Waals surface area contributed by atoms with Crippen molar-refractivity contribution in [2.75, 3.05) is 0 Å². The Kier molecular flexibility index (Phi) is 2.73. The maximum Gasteiger partial charge on any atom is 0.0979 e. The predicted octanol–water partition coefficient (Wildman–Crippen LogP) is 2.62. The maximum atomic E-state index is 5.68. The van der Waals surface area contributed by atoms with Crippen molar-refractivity contribution in [3.63, 3.8) is 0 Å². The van der Waals surface area contributed by atoms with Gasteiger partial charge >= 0.3 is 0 Å². The first-order valence-corrected chi connectivity index (χ1v) is 5.29. The number of hydrogen-bond acceptors (Lipinski definition) is 2. The highest BCUT2D eigenvalue weighted by atomic mass is 35.5. The van der Waals surface area contributed by atoms with E-state index in [0.29, 0.717) is 5.88 Å². The summed E-state index contributed by atoms with van der Waals surface area (Å²) in [7, 11) is 0. The van der Waals surface area contributed by atoms with Crippen molar-refractivity contribution in [1.82, 2.24) is 15.0 Å². The molecule has 3 nitrogen and oxygen atoms in total. The smallest absolute Gasteiger partial charge is 0.0979 e. The van der Waals surface area contributed by atoms with E-state index in [0.717, 1.165) is 11.4 Å². The Hall–Kier alpha value is -1.35. The van der Waals surface area contributed by atoms with Crippen molar-refractivity contribution in [3.8, 4) is 5.69 Å². The molecule has 0 N–H and O–H groups in total. The molecule has 1 heterocycles. The molecule has 0 amide bonds. The summed E-state index contributed by atoms with van der Waals surface area (Å²) in [6.07, 6.45) is 1.86. The lowest BCUT2D eigenvalue weighted by Gasteiger charge is -2.05. The molecule has 15 heavy (non-hydrogen) atoms. The third-order valence-electron chi connectivity index (χ3n) is 2.29. The number of aromatic nitrogens is 3. The first-order valence-electron chi connectivity index (χ1n) is 4.75. The van der Waals surface area contributed by atoms with Crippen LogP contribution in [0.1, 0.15) is 16.8 Å². The minimum atomic E-state index is 0.394. The molecule has 0 fully saturated rings. The lowest BCUT2D eigenvalue weighted by Crippen LogP contribution is -1.98. The second kappa shape index (κ2) is 4.03. The van der Waals surface area contributed by atoms with E-state index in [4.69, 9.17) is 11.6 Å². The zero-order chi connectivity index (χ0) is 10.8. The highest BCUT2D eigenvalue weighted by Crippen LogP contribution is 2.15. The molecule has 0 aliphatic rings. The predicted molar refractivity (Wildman–Crippen MR) is 60.4 cm³/mol. The van der Waals surface area contributed by atoms with E-state index in [1.165, 1.54) is 11.1 Å². The summed E-state index contributed by atoms with van der Waals surface area (Å²) in [5, 5.41) is 8.00. The maximum absolute atomic E-state index is 5.68. The second-order valence-electron chi connectivity index (χ2n) is 3.58. The van der Waals surface area contributed by atoms with Gasteiger partial charge < -0.3 is 0 Å². The van der Waals surface area contributed by atoms with Crippen molar-refractivity contribution < 1.29 is 0 Å². The molecule has 4 heteroatoms. The monoisotopic (exact) mass is 221 g/mol. The zero-order valence-corrected chi connectivity index (χ0v) is 9.49. The summed E-state index contributed by atoms with van der Waals surface area (Å²) >= 11 is 5.68. The molecule has 1 aromatic heterocycles. The average Bonchev–Trinajstić information content (AvgIpc) is 2.70. The molecule has 2 aromatic rings. The van der Waals surface area contributed by atoms with Crippen LogP contribution in [0.3, 0.4) is 0 Å². The summed E-state index contributed by atoms with van der Waals surface area (Å²) in [6.45, 7) is 4.11. The van der Waals surface area contributed by atoms with Crippen LogP contribution in [0.4, 0.5) is 0 Å². The van der Waals surface area contributed by atoms with E-state index in [1.54, 1.807) is 4.68 Å². The van der Waals surface area contributed by atoms with E-state index >= 15 is 0 Å². The van der Waals surface area contributed by atoms with Gasteiger partial charge in [0.15, 0.2) is 0 Å². The van der Waals surface area contributed by atoms with Crippen molar-refractivity contribution in [2.24, 2.45) is 0 Å². The number of nitrogens with zero attached hydrogens (tertiary/aromatic N) is 3. The Morgan fingerprint density at radius 3 is 2.80 bits per heavy atom. The fraction of sp³-hybridized carbons (Fsp3) is 0.273. The molecular formula is C11H12ClN3. The highest BCUT2D eigenvalue weighted by molar-refractivity contribution is 6.16. The van der Waals surface area contributed by atoms with Crippen molar-refractivity contribution in [1.29, 1.82) is 0 Å². The van der Waals surface area contributed by atoms with E-state index in [9.17, 15) is 0 Å². The minimum absolute atomic E-state index is 0.394. The third-order valence-corrected chi connectivity index (χ3v) is 2.56. The Morgan fingerprint density at radius 1 is 1.33 bits per heavy atom. The number of rotatable bonds is 2. The van der Waals surface area contributed by atoms with Crippen LogP contribution in [0.5, 0.6) is 0 Å². The van der Waals surface area contributed by atoms with E-state index < -0.39 is 0 Å². The molecule has 0 aliphatic heterocycles. The minimum Gasteiger partial charge on any atom is -0.220 e. The average molecular weight is 222 g/mol. The topological polar surface area (TPSA) is 30.7 Å². The van der Waals surface area contributed by atoms with Gasteiger partial charge in [-0.05, 0) is 31.0 Å². The van der Waals surface area contributed by atoms with Crippen LogP contribution >= 0.6 is 11.6 Å². The first kappa shape index (κ1) is 10.2. The largest absolute Gasteiger partial charge is 0.220 e. The van der Waals surface area contributed by atoms with Crippen molar-refractivity contribution in [3.05, 3.63) is 41.2 Å². The van der Waals surface area contributed by atoms with E-state index in [-0.39, 0.29) is 0 Å². The molecule has 0 saturated carbocycles. The van der Waals surface area contributed by atoms with Gasteiger partial charge in [0.05, 0.1) is 23.5 Å². The van der Waals surface area contributed by atoms with Crippen LogP contribution in [-0.4, -0.2) is 15.0 Å². The van der Waals surface area contributed by atoms with Crippen LogP contribution in [0.2, 0.25) is 0 Å². The SMILES string of the molecule is Cc1ccc(C)c(-n2cc(CCl)nn2)c1. The van der Waals surface area contributed by atoms with Crippen LogP contribution in [0.25, 0.3) is 5.69 Å². The Bertz CT molecular complexity index is 476. The quantitative estimate of drug-likeness (QED) is 0.730. The lowest BCUT2D eigenvalue weighted by atomic mass is 10.1. The van der Waals surface area contributed by atoms with Gasteiger partial charge in [0.2, 0.25) is 0 Å². The molecule has 2 rings (SSSR count). The number of halogens is 1. The van der Waals surface area contributed by atoms with Gasteiger partial charge in [0, 0.05) is 0 Å². The molecule has 78 valence electrons. The molecule has 0 unspecified atom stereocenters. The van der Waals surface area contributed by atoms with Crippen LogP contribution in [0.15, 0.2) is 24.4 Å². The molecule has 0 radical (unpaired) electrons. The van der Waals surface area contributed by atoms with Gasteiger partial charge in [0.1, 0.15) is 0 Å². The summed E-state index contributed by atoms with van der Waals surface area (Å²) in [5.41, 5.74) is 4.22. The van der Waals surface area contributed by atoms with Gasteiger partial charge in [-0.3, -0.25) is 0 Å². The highest BCUT2D eigenvalue weighted by Gasteiger charge is 2.04. The van der Waals surface area contributed by atoms with Gasteiger partial charge in [-0.2, -0.15) is 0 Å². The summed E-state index contributed by atoms with van der Waals surface area (Å²) in [4.78, 5) is 0. The van der Waals surface area contributed by atoms with Crippen LogP contribution < -0.4 is 0 Å². The summed E-state index contributed by atoms with van der Waals surface area (Å²) in [6, 6.07) is 6.24. The first-order chi connectivity index (χ1) is 7.20. The Morgan fingerprint density at radius 2 is 2.13 bits per heavy atom. The van der Waals surface area contributed by atoms with E-state index in [2.05, 4.69) is 42.4 Å². The lowest BCUT2D eigenvalue weighted by molar-refractivity contribution is 0.795. The standard InChI is InChI=1S/C11H12ClN3/c1-8-3-4-9(2)11(5-8)15-7-10(6-12)13-14-15/h3-5,7H,6H2,1-2H3. The Labute approximate surface area is 93.7 Å². The molecule has 0 aliphatic carbocycles. The summed E-state index contributed by atoms with van der Waals surface area (Å²) < 4.78 is 1.76. The van der Waals surface area contributed by atoms with E-state index in [1.807, 2.05) is 6.20 Å². The van der Waals surface area contributed by atoms with Gasteiger partial charge in [-0.1, -0.05) is 17.3 Å². The summed E-state index contributed by atoms with van der Waals surface area (Å²) in [5.74, 6) is 0.394. The normalized spacial score (nSPS) is 10.6. The number of aryl methyl sites for hydroxylation is 2. The van der Waals surface area contributed by atoms with Gasteiger partial charge in [0.25, 0.3) is 0 Å². The second-order valence-corrected chi connectivity index (χ2v) is 3.85. The molecule has 0 saturated heterocycles.